The van der Waals surface area contributed by atoms with Crippen molar-refractivity contribution in [2.75, 3.05) is 0 Å². The van der Waals surface area contributed by atoms with E-state index in [1.54, 1.807) is 17.9 Å². The first-order valence-corrected chi connectivity index (χ1v) is 6.34. The Bertz CT molecular complexity index is 682. The molecule has 0 saturated heterocycles. The fourth-order valence-electron chi connectivity index (χ4n) is 2.52. The number of benzene rings is 1. The van der Waals surface area contributed by atoms with E-state index in [1.165, 1.54) is 10.2 Å². The van der Waals surface area contributed by atoms with Gasteiger partial charge in [-0.25, -0.2) is 9.48 Å². The van der Waals surface area contributed by atoms with E-state index in [2.05, 4.69) is 25.0 Å². The van der Waals surface area contributed by atoms with Gasteiger partial charge in [-0.3, -0.25) is 4.57 Å². The smallest absolute Gasteiger partial charge is 0.345 e. The molecule has 19 heavy (non-hydrogen) atoms. The number of para-hydroxylation sites is 1. The van der Waals surface area contributed by atoms with Crippen molar-refractivity contribution < 1.29 is 4.74 Å². The SMILES string of the molecule is Cn1ncn(Cc2cccc3c2OC(C)(C)C3)c1=O. The van der Waals surface area contributed by atoms with Crippen molar-refractivity contribution in [2.24, 2.45) is 7.05 Å². The van der Waals surface area contributed by atoms with Crippen LogP contribution in [-0.4, -0.2) is 19.9 Å². The first-order valence-electron chi connectivity index (χ1n) is 6.34. The maximum Gasteiger partial charge on any atom is 0.345 e. The van der Waals surface area contributed by atoms with Crippen LogP contribution in [0, 0.1) is 0 Å². The number of rotatable bonds is 2. The van der Waals surface area contributed by atoms with Gasteiger partial charge in [0.2, 0.25) is 0 Å². The molecule has 0 atom stereocenters. The van der Waals surface area contributed by atoms with Crippen molar-refractivity contribution in [3.63, 3.8) is 0 Å². The molecule has 2 heterocycles. The van der Waals surface area contributed by atoms with Crippen molar-refractivity contribution in [1.29, 1.82) is 0 Å². The van der Waals surface area contributed by atoms with Crippen LogP contribution in [0.1, 0.15) is 25.0 Å². The predicted molar refractivity (Wildman–Crippen MR) is 71.4 cm³/mol. The van der Waals surface area contributed by atoms with E-state index in [1.807, 2.05) is 12.1 Å². The molecule has 100 valence electrons. The Morgan fingerprint density at radius 1 is 1.42 bits per heavy atom. The average Bonchev–Trinajstić information content (AvgIpc) is 2.82. The maximum absolute atomic E-state index is 11.8. The molecule has 5 nitrogen and oxygen atoms in total. The van der Waals surface area contributed by atoms with Gasteiger partial charge >= 0.3 is 5.69 Å². The lowest BCUT2D eigenvalue weighted by molar-refractivity contribution is 0.137. The van der Waals surface area contributed by atoms with E-state index in [0.29, 0.717) is 6.54 Å². The minimum absolute atomic E-state index is 0.116. The third kappa shape index (κ3) is 2.05. The summed E-state index contributed by atoms with van der Waals surface area (Å²) in [7, 11) is 1.65. The van der Waals surface area contributed by atoms with Crippen LogP contribution in [0.25, 0.3) is 0 Å². The summed E-state index contributed by atoms with van der Waals surface area (Å²) in [6.07, 6.45) is 2.46. The molecular formula is C14H17N3O2. The molecule has 0 radical (unpaired) electrons. The fraction of sp³-hybridized carbons (Fsp3) is 0.429. The van der Waals surface area contributed by atoms with Crippen molar-refractivity contribution in [3.05, 3.63) is 46.1 Å². The van der Waals surface area contributed by atoms with Gasteiger partial charge in [0.1, 0.15) is 17.7 Å². The molecule has 1 aromatic heterocycles. The Morgan fingerprint density at radius 3 is 2.89 bits per heavy atom. The van der Waals surface area contributed by atoms with E-state index in [4.69, 9.17) is 4.74 Å². The highest BCUT2D eigenvalue weighted by molar-refractivity contribution is 5.45. The number of aromatic nitrogens is 3. The second-order valence-corrected chi connectivity index (χ2v) is 5.61. The fourth-order valence-corrected chi connectivity index (χ4v) is 2.52. The molecule has 5 heteroatoms. The Balaban J connectivity index is 1.98. The first kappa shape index (κ1) is 12.0. The Hall–Kier alpha value is -2.04. The Labute approximate surface area is 111 Å². The van der Waals surface area contributed by atoms with E-state index >= 15 is 0 Å². The van der Waals surface area contributed by atoms with Gasteiger partial charge in [-0.2, -0.15) is 5.10 Å². The van der Waals surface area contributed by atoms with Crippen LogP contribution in [0.5, 0.6) is 5.75 Å². The highest BCUT2D eigenvalue weighted by Crippen LogP contribution is 2.37. The summed E-state index contributed by atoms with van der Waals surface area (Å²) in [6, 6.07) is 6.10. The second kappa shape index (κ2) is 3.98. The van der Waals surface area contributed by atoms with Crippen LogP contribution in [0.3, 0.4) is 0 Å². The quantitative estimate of drug-likeness (QED) is 0.818. The number of hydrogen-bond donors (Lipinski definition) is 0. The molecule has 0 saturated carbocycles. The molecule has 2 aromatic rings. The molecule has 0 aliphatic carbocycles. The zero-order valence-corrected chi connectivity index (χ0v) is 11.4. The number of nitrogens with zero attached hydrogens (tertiary/aromatic N) is 3. The minimum Gasteiger partial charge on any atom is -0.487 e. The molecule has 0 unspecified atom stereocenters. The lowest BCUT2D eigenvalue weighted by Gasteiger charge is -2.18. The van der Waals surface area contributed by atoms with Crippen LogP contribution in [-0.2, 0) is 20.0 Å². The maximum atomic E-state index is 11.8. The van der Waals surface area contributed by atoms with E-state index in [0.717, 1.165) is 17.7 Å². The van der Waals surface area contributed by atoms with Crippen molar-refractivity contribution in [1.82, 2.24) is 14.3 Å². The van der Waals surface area contributed by atoms with E-state index in [9.17, 15) is 4.79 Å². The monoisotopic (exact) mass is 259 g/mol. The van der Waals surface area contributed by atoms with E-state index in [-0.39, 0.29) is 11.3 Å². The number of fused-ring (bicyclic) bond motifs is 1. The van der Waals surface area contributed by atoms with Crippen LogP contribution in [0.15, 0.2) is 29.3 Å². The second-order valence-electron chi connectivity index (χ2n) is 5.61. The van der Waals surface area contributed by atoms with Gasteiger partial charge < -0.3 is 4.74 Å². The summed E-state index contributed by atoms with van der Waals surface area (Å²) in [4.78, 5) is 11.8. The molecular weight excluding hydrogens is 242 g/mol. The number of aryl methyl sites for hydroxylation is 1. The zero-order valence-electron chi connectivity index (χ0n) is 11.4. The van der Waals surface area contributed by atoms with Crippen molar-refractivity contribution in [2.45, 2.75) is 32.4 Å². The minimum atomic E-state index is -0.168. The summed E-state index contributed by atoms with van der Waals surface area (Å²) in [5.41, 5.74) is 1.95. The summed E-state index contributed by atoms with van der Waals surface area (Å²) in [5, 5.41) is 3.96. The molecule has 0 amide bonds. The normalized spacial score (nSPS) is 16.2. The van der Waals surface area contributed by atoms with Gasteiger partial charge in [-0.15, -0.1) is 0 Å². The number of ether oxygens (including phenoxy) is 1. The van der Waals surface area contributed by atoms with Crippen LogP contribution in [0.2, 0.25) is 0 Å². The summed E-state index contributed by atoms with van der Waals surface area (Å²) >= 11 is 0. The van der Waals surface area contributed by atoms with Crippen molar-refractivity contribution >= 4 is 0 Å². The zero-order chi connectivity index (χ0) is 13.6. The third-order valence-corrected chi connectivity index (χ3v) is 3.40. The largest absolute Gasteiger partial charge is 0.487 e. The van der Waals surface area contributed by atoms with E-state index < -0.39 is 0 Å². The Morgan fingerprint density at radius 2 is 2.21 bits per heavy atom. The van der Waals surface area contributed by atoms with Gasteiger partial charge in [-0.1, -0.05) is 18.2 Å². The van der Waals surface area contributed by atoms with Crippen molar-refractivity contribution in [3.8, 4) is 5.75 Å². The highest BCUT2D eigenvalue weighted by Gasteiger charge is 2.31. The van der Waals surface area contributed by atoms with Gasteiger partial charge in [0.25, 0.3) is 0 Å². The molecule has 3 rings (SSSR count). The number of hydrogen-bond acceptors (Lipinski definition) is 3. The van der Waals surface area contributed by atoms with Gasteiger partial charge in [0.15, 0.2) is 0 Å². The molecule has 1 aromatic carbocycles. The van der Waals surface area contributed by atoms with Crippen LogP contribution >= 0.6 is 0 Å². The lowest BCUT2D eigenvalue weighted by Crippen LogP contribution is -2.25. The molecule has 1 aliphatic rings. The van der Waals surface area contributed by atoms with Gasteiger partial charge in [0, 0.05) is 19.0 Å². The molecule has 0 fully saturated rings. The highest BCUT2D eigenvalue weighted by atomic mass is 16.5. The molecule has 1 aliphatic heterocycles. The summed E-state index contributed by atoms with van der Waals surface area (Å²) in [6.45, 7) is 4.64. The molecule has 0 bridgehead atoms. The predicted octanol–water partition coefficient (Wildman–Crippen LogP) is 1.34. The lowest BCUT2D eigenvalue weighted by atomic mass is 10.0. The summed E-state index contributed by atoms with van der Waals surface area (Å²) in [5.74, 6) is 0.920. The van der Waals surface area contributed by atoms with Gasteiger partial charge in [0.05, 0.1) is 6.54 Å². The Kier molecular flexibility index (Phi) is 2.52. The van der Waals surface area contributed by atoms with Crippen LogP contribution < -0.4 is 10.4 Å². The molecule has 0 spiro atoms. The molecule has 0 N–H and O–H groups in total. The first-order chi connectivity index (χ1) is 8.96. The summed E-state index contributed by atoms with van der Waals surface area (Å²) < 4.78 is 8.92. The van der Waals surface area contributed by atoms with Crippen LogP contribution in [0.4, 0.5) is 0 Å². The third-order valence-electron chi connectivity index (χ3n) is 3.40. The topological polar surface area (TPSA) is 49.0 Å². The van der Waals surface area contributed by atoms with Gasteiger partial charge in [-0.05, 0) is 19.4 Å². The standard InChI is InChI=1S/C14H17N3O2/c1-14(2)7-10-5-4-6-11(12(10)19-14)8-17-9-15-16(3)13(17)18/h4-6,9H,7-8H2,1-3H3. The average molecular weight is 259 g/mol.